The van der Waals surface area contributed by atoms with Crippen LogP contribution in [-0.2, 0) is 28.8 Å². The summed E-state index contributed by atoms with van der Waals surface area (Å²) in [7, 11) is 3.74. The van der Waals surface area contributed by atoms with Crippen LogP contribution < -0.4 is 0 Å². The number of nitrogens with zero attached hydrogens (tertiary/aromatic N) is 3. The average Bonchev–Trinajstić information content (AvgIpc) is 3.30. The van der Waals surface area contributed by atoms with Gasteiger partial charge in [-0.15, -0.1) is 0 Å². The lowest BCUT2D eigenvalue weighted by Crippen LogP contribution is -2.69. The van der Waals surface area contributed by atoms with Crippen LogP contribution in [0.25, 0.3) is 9.69 Å². The van der Waals surface area contributed by atoms with E-state index in [1.165, 1.54) is 0 Å². The molecule has 10 aliphatic rings. The minimum absolute atomic E-state index is 0.0143. The lowest BCUT2D eigenvalue weighted by atomic mass is 9.31. The van der Waals surface area contributed by atoms with E-state index in [-0.39, 0.29) is 125 Å². The molecule has 0 aromatic carbocycles. The van der Waals surface area contributed by atoms with Crippen molar-refractivity contribution in [3.8, 4) is 0 Å². The molecule has 8 fully saturated rings. The first-order valence-corrected chi connectivity index (χ1v) is 29.1. The van der Waals surface area contributed by atoms with Crippen LogP contribution in [0.3, 0.4) is 0 Å². The van der Waals surface area contributed by atoms with Crippen LogP contribution in [-0.4, -0.2) is 53.3 Å². The number of rotatable bonds is 2. The Balaban J connectivity index is 0.000000182. The summed E-state index contributed by atoms with van der Waals surface area (Å²) in [6.07, 6.45) is 17.4. The fraction of sp³-hybridized carbons (Fsp3) is 0.812. The molecule has 0 aliphatic heterocycles. The van der Waals surface area contributed by atoms with Gasteiger partial charge >= 0.3 is 0 Å². The van der Waals surface area contributed by atoms with Gasteiger partial charge in [0.05, 0.1) is 18.6 Å². The summed E-state index contributed by atoms with van der Waals surface area (Å²) in [5, 5.41) is -0.238. The van der Waals surface area contributed by atoms with Crippen molar-refractivity contribution in [3.63, 3.8) is 0 Å². The number of carbonyl (C=O) groups is 6. The van der Waals surface area contributed by atoms with Crippen molar-refractivity contribution in [2.75, 3.05) is 14.1 Å². The third-order valence-corrected chi connectivity index (χ3v) is 26.5. The summed E-state index contributed by atoms with van der Waals surface area (Å²) < 4.78 is 0. The van der Waals surface area contributed by atoms with E-state index in [1.54, 1.807) is 4.90 Å². The second-order valence-corrected chi connectivity index (χ2v) is 31.4. The third-order valence-electron chi connectivity index (χ3n) is 26.1. The van der Waals surface area contributed by atoms with E-state index in [0.717, 1.165) is 89.9 Å². The molecule has 0 aromatic rings. The zero-order chi connectivity index (χ0) is 55.0. The van der Waals surface area contributed by atoms with E-state index in [9.17, 15) is 28.8 Å². The molecule has 0 heterocycles. The predicted molar refractivity (Wildman–Crippen MR) is 289 cm³/mol. The number of halogens is 1. The Morgan fingerprint density at radius 2 is 0.865 bits per heavy atom. The Hall–Kier alpha value is -3.43. The number of amides is 1. The standard InChI is InChI=1S/C33H48N2O3.C31H42ClNO3/c1-28(2)13-15-33(27(38)35(9)10)16-14-32(7)25(20(33)18-28)22(36)17-24-30(5)19-21(34-8)26(37)29(3,4)23(30)11-12-31(24,32)6;1-26(2)11-13-31(25(32)36)14-12-30(7)23(18(31)16-26)20(34)15-22-28(5)17-19(33-8)24(35)27(3,4)21(28)9-10-29(22,30)6/h19-20,23-25H,11-18H2,1-7,9-10H3;17-18,21-23H,9-16H2,1-7H3/t20-,23-,24+,25-,30-,31+,32+,33-;18-,21-,22+,23-,28-,29+,30+,31-/m00/s1. The van der Waals surface area contributed by atoms with Gasteiger partial charge in [-0.3, -0.25) is 19.2 Å². The fourth-order valence-corrected chi connectivity index (χ4v) is 22.0. The van der Waals surface area contributed by atoms with E-state index in [0.29, 0.717) is 18.6 Å². The molecule has 8 saturated carbocycles. The Morgan fingerprint density at radius 1 is 0.514 bits per heavy atom. The monoisotopic (exact) mass is 1030 g/mol. The molecule has 10 aliphatic carbocycles. The molecule has 10 rings (SSSR count). The van der Waals surface area contributed by atoms with Gasteiger partial charge in [-0.1, -0.05) is 109 Å². The molecule has 0 unspecified atom stereocenters. The molecule has 10 heteroatoms. The zero-order valence-electron chi connectivity index (χ0n) is 48.3. The summed E-state index contributed by atoms with van der Waals surface area (Å²) in [5.41, 5.74) is -3.03. The molecule has 404 valence electrons. The van der Waals surface area contributed by atoms with Crippen molar-refractivity contribution in [1.29, 1.82) is 0 Å². The van der Waals surface area contributed by atoms with Crippen molar-refractivity contribution in [2.24, 2.45) is 112 Å². The lowest BCUT2D eigenvalue weighted by molar-refractivity contribution is -0.223. The molecular formula is C64H90ClN3O6. The molecule has 9 nitrogen and oxygen atoms in total. The van der Waals surface area contributed by atoms with E-state index in [2.05, 4.69) is 78.9 Å². The highest BCUT2D eigenvalue weighted by atomic mass is 35.5. The first-order valence-electron chi connectivity index (χ1n) is 28.7. The van der Waals surface area contributed by atoms with Crippen molar-refractivity contribution >= 4 is 45.9 Å². The zero-order valence-corrected chi connectivity index (χ0v) is 49.0. The number of carbonyl (C=O) groups excluding carboxylic acids is 6. The number of hydrogen-bond donors (Lipinski definition) is 0. The Bertz CT molecular complexity index is 2660. The van der Waals surface area contributed by atoms with Crippen LogP contribution in [0.2, 0.25) is 0 Å². The van der Waals surface area contributed by atoms with Gasteiger partial charge in [-0.2, -0.15) is 0 Å². The maximum Gasteiger partial charge on any atom is 0.228 e. The Kier molecular flexibility index (Phi) is 12.6. The van der Waals surface area contributed by atoms with Crippen LogP contribution in [0, 0.1) is 125 Å². The highest BCUT2D eigenvalue weighted by Crippen LogP contribution is 2.78. The van der Waals surface area contributed by atoms with Crippen molar-refractivity contribution in [3.05, 3.63) is 46.4 Å². The SMILES string of the molecule is [C-]#[N+]C1=C[C@]2(C)[C@H]3CC(=O)[C@@H]4[C@@H]5CC(C)(C)CC[C@]5(C(=O)Cl)CC[C@@]4(C)[C@]3(C)CC[C@H]2C(C)(C)C1=O.[C-]#[N+]C1=C[C@]2(C)[C@H]3CC(=O)[C@@H]4[C@@H]5CC(C)(C)CC[C@]5(C(=O)N(C)C)CC[C@@]4(C)[C@]3(C)CC[C@H]2C(C)(C)C1=O. The molecule has 0 bridgehead atoms. The number of Topliss-reactive ketones (excluding diaryl/α,β-unsaturated/α-hetero) is 4. The highest BCUT2D eigenvalue weighted by Gasteiger charge is 2.75. The molecule has 0 saturated heterocycles. The van der Waals surface area contributed by atoms with Gasteiger partial charge in [0.25, 0.3) is 0 Å². The van der Waals surface area contributed by atoms with Crippen molar-refractivity contribution < 1.29 is 28.8 Å². The highest BCUT2D eigenvalue weighted by molar-refractivity contribution is 6.64. The number of hydrogen-bond acceptors (Lipinski definition) is 6. The van der Waals surface area contributed by atoms with E-state index in [4.69, 9.17) is 24.7 Å². The topological polar surface area (TPSA) is 114 Å². The van der Waals surface area contributed by atoms with E-state index < -0.39 is 27.1 Å². The predicted octanol–water partition coefficient (Wildman–Crippen LogP) is 14.1. The molecule has 0 N–H and O–H groups in total. The molecule has 74 heavy (non-hydrogen) atoms. The normalized spacial score (nSPS) is 47.9. The van der Waals surface area contributed by atoms with Crippen LogP contribution >= 0.6 is 11.6 Å². The third kappa shape index (κ3) is 7.06. The second kappa shape index (κ2) is 16.8. The molecular weight excluding hydrogens is 942 g/mol. The second-order valence-electron chi connectivity index (χ2n) is 31.1. The Labute approximate surface area is 450 Å². The van der Waals surface area contributed by atoms with Crippen LogP contribution in [0.4, 0.5) is 0 Å². The number of allylic oxidation sites excluding steroid dienone is 4. The lowest BCUT2D eigenvalue weighted by Gasteiger charge is -2.72. The van der Waals surface area contributed by atoms with Crippen molar-refractivity contribution in [2.45, 2.75) is 200 Å². The summed E-state index contributed by atoms with van der Waals surface area (Å²) >= 11 is 6.38. The minimum Gasteiger partial charge on any atom is -0.348 e. The molecule has 0 aromatic heterocycles. The summed E-state index contributed by atoms with van der Waals surface area (Å²) in [6.45, 7) is 46.6. The largest absolute Gasteiger partial charge is 0.348 e. The van der Waals surface area contributed by atoms with Crippen molar-refractivity contribution in [1.82, 2.24) is 4.90 Å². The summed E-state index contributed by atoms with van der Waals surface area (Å²) in [5.74, 6) is 0.851. The van der Waals surface area contributed by atoms with Crippen LogP contribution in [0.5, 0.6) is 0 Å². The van der Waals surface area contributed by atoms with Gasteiger partial charge in [-0.25, -0.2) is 9.69 Å². The maximum absolute atomic E-state index is 14.6. The molecule has 0 spiro atoms. The number of fused-ring (bicyclic) bond motifs is 14. The quantitative estimate of drug-likeness (QED) is 0.201. The van der Waals surface area contributed by atoms with Gasteiger partial charge in [0.2, 0.25) is 22.5 Å². The first-order chi connectivity index (χ1) is 33.9. The van der Waals surface area contributed by atoms with Gasteiger partial charge < -0.3 is 14.5 Å². The maximum atomic E-state index is 14.6. The summed E-state index contributed by atoms with van der Waals surface area (Å²) in [6, 6.07) is 0. The van der Waals surface area contributed by atoms with Crippen LogP contribution in [0.15, 0.2) is 23.5 Å². The van der Waals surface area contributed by atoms with E-state index in [1.807, 2.05) is 53.9 Å². The molecule has 16 atom stereocenters. The van der Waals surface area contributed by atoms with Crippen LogP contribution in [0.1, 0.15) is 200 Å². The summed E-state index contributed by atoms with van der Waals surface area (Å²) in [4.78, 5) is 91.4. The first kappa shape index (κ1) is 55.3. The minimum atomic E-state index is -0.619. The van der Waals surface area contributed by atoms with Gasteiger partial charge in [-0.05, 0) is 180 Å². The number of ketones is 4. The van der Waals surface area contributed by atoms with Gasteiger partial charge in [0.15, 0.2) is 11.6 Å². The van der Waals surface area contributed by atoms with Gasteiger partial charge in [0, 0.05) is 55.0 Å². The molecule has 1 amide bonds. The smallest absolute Gasteiger partial charge is 0.228 e. The molecule has 0 radical (unpaired) electrons. The van der Waals surface area contributed by atoms with E-state index >= 15 is 0 Å². The van der Waals surface area contributed by atoms with Gasteiger partial charge in [0.1, 0.15) is 11.6 Å². The average molecular weight is 1030 g/mol. The fourth-order valence-electron chi connectivity index (χ4n) is 21.7. The Morgan fingerprint density at radius 3 is 1.23 bits per heavy atom.